The number of nitriles is 1. The van der Waals surface area contributed by atoms with Gasteiger partial charge in [0, 0.05) is 5.56 Å². The van der Waals surface area contributed by atoms with Crippen LogP contribution in [0.15, 0.2) is 42.5 Å². The maximum Gasteiger partial charge on any atom is 0.134 e. The van der Waals surface area contributed by atoms with Crippen LogP contribution in [0.4, 0.5) is 0 Å². The average molecular weight is 267 g/mol. The number of hydrogen-bond acceptors (Lipinski definition) is 3. The summed E-state index contributed by atoms with van der Waals surface area (Å²) in [5, 5.41) is 18.8. The van der Waals surface area contributed by atoms with E-state index in [9.17, 15) is 5.11 Å². The molecule has 20 heavy (non-hydrogen) atoms. The molecule has 3 nitrogen and oxygen atoms in total. The lowest BCUT2D eigenvalue weighted by Gasteiger charge is -2.14. The van der Waals surface area contributed by atoms with Crippen molar-refractivity contribution in [2.75, 3.05) is 0 Å². The summed E-state index contributed by atoms with van der Waals surface area (Å²) in [5.74, 6) is 1.23. The first-order valence-electron chi connectivity index (χ1n) is 6.63. The fourth-order valence-corrected chi connectivity index (χ4v) is 1.99. The van der Waals surface area contributed by atoms with Crippen LogP contribution in [0, 0.1) is 11.3 Å². The Bertz CT molecular complexity index is 642. The minimum atomic E-state index is -0.646. The summed E-state index contributed by atoms with van der Waals surface area (Å²) in [6, 6.07) is 14.9. The van der Waals surface area contributed by atoms with Crippen molar-refractivity contribution in [3.8, 4) is 17.6 Å². The molecule has 0 saturated heterocycles. The van der Waals surface area contributed by atoms with Gasteiger partial charge in [-0.05, 0) is 43.2 Å². The van der Waals surface area contributed by atoms with Crippen LogP contribution in [-0.2, 0) is 6.42 Å². The van der Waals surface area contributed by atoms with Gasteiger partial charge in [0.25, 0.3) is 0 Å². The zero-order valence-corrected chi connectivity index (χ0v) is 11.6. The molecule has 0 radical (unpaired) electrons. The number of aliphatic hydroxyl groups excluding tert-OH is 1. The Kier molecular flexibility index (Phi) is 4.39. The van der Waals surface area contributed by atoms with Gasteiger partial charge in [0.1, 0.15) is 11.5 Å². The third-order valence-corrected chi connectivity index (χ3v) is 3.13. The Morgan fingerprint density at radius 3 is 2.70 bits per heavy atom. The standard InChI is InChI=1S/C17H17NO2/c1-3-13-5-4-6-15(9-13)20-17-10-14(11-18)7-8-16(17)12(2)19/h4-10,12,19H,3H2,1-2H3. The third-order valence-electron chi connectivity index (χ3n) is 3.13. The largest absolute Gasteiger partial charge is 0.457 e. The molecule has 0 aliphatic rings. The van der Waals surface area contributed by atoms with Crippen molar-refractivity contribution in [3.05, 3.63) is 59.2 Å². The zero-order chi connectivity index (χ0) is 14.5. The molecule has 1 unspecified atom stereocenters. The number of hydrogen-bond donors (Lipinski definition) is 1. The van der Waals surface area contributed by atoms with Crippen molar-refractivity contribution in [1.29, 1.82) is 5.26 Å². The number of benzene rings is 2. The van der Waals surface area contributed by atoms with E-state index in [2.05, 4.69) is 13.0 Å². The Hall–Kier alpha value is -2.31. The molecule has 0 fully saturated rings. The first-order valence-corrected chi connectivity index (χ1v) is 6.63. The molecule has 0 amide bonds. The van der Waals surface area contributed by atoms with Crippen LogP contribution in [-0.4, -0.2) is 5.11 Å². The number of rotatable bonds is 4. The molecule has 0 aromatic heterocycles. The maximum absolute atomic E-state index is 9.78. The van der Waals surface area contributed by atoms with E-state index < -0.39 is 6.10 Å². The van der Waals surface area contributed by atoms with Gasteiger partial charge in [-0.2, -0.15) is 5.26 Å². The van der Waals surface area contributed by atoms with E-state index in [1.807, 2.05) is 24.3 Å². The maximum atomic E-state index is 9.78. The van der Waals surface area contributed by atoms with Crippen LogP contribution in [0.1, 0.15) is 36.6 Å². The van der Waals surface area contributed by atoms with Gasteiger partial charge < -0.3 is 9.84 Å². The van der Waals surface area contributed by atoms with E-state index >= 15 is 0 Å². The van der Waals surface area contributed by atoms with Crippen LogP contribution >= 0.6 is 0 Å². The molecule has 0 aliphatic carbocycles. The monoisotopic (exact) mass is 267 g/mol. The molecule has 2 aromatic carbocycles. The summed E-state index contributed by atoms with van der Waals surface area (Å²) in [7, 11) is 0. The molecule has 0 aliphatic heterocycles. The second-order valence-electron chi connectivity index (χ2n) is 4.64. The Morgan fingerprint density at radius 2 is 2.05 bits per heavy atom. The SMILES string of the molecule is CCc1cccc(Oc2cc(C#N)ccc2C(C)O)c1. The second-order valence-corrected chi connectivity index (χ2v) is 4.64. The summed E-state index contributed by atoms with van der Waals surface area (Å²) in [4.78, 5) is 0. The van der Waals surface area contributed by atoms with Gasteiger partial charge in [0.05, 0.1) is 17.7 Å². The predicted molar refractivity (Wildman–Crippen MR) is 77.7 cm³/mol. The molecule has 0 heterocycles. The summed E-state index contributed by atoms with van der Waals surface area (Å²) in [5.41, 5.74) is 2.36. The molecular weight excluding hydrogens is 250 g/mol. The molecule has 2 aromatic rings. The molecule has 1 atom stereocenters. The molecule has 0 saturated carbocycles. The summed E-state index contributed by atoms with van der Waals surface area (Å²) >= 11 is 0. The van der Waals surface area contributed by atoms with E-state index in [1.54, 1.807) is 25.1 Å². The summed E-state index contributed by atoms with van der Waals surface area (Å²) in [6.07, 6.45) is 0.283. The Balaban J connectivity index is 2.38. The summed E-state index contributed by atoms with van der Waals surface area (Å²) < 4.78 is 5.84. The van der Waals surface area contributed by atoms with Crippen molar-refractivity contribution >= 4 is 0 Å². The van der Waals surface area contributed by atoms with E-state index in [4.69, 9.17) is 10.00 Å². The van der Waals surface area contributed by atoms with Crippen molar-refractivity contribution < 1.29 is 9.84 Å². The molecule has 1 N–H and O–H groups in total. The fraction of sp³-hybridized carbons (Fsp3) is 0.235. The minimum absolute atomic E-state index is 0.510. The van der Waals surface area contributed by atoms with Gasteiger partial charge in [-0.15, -0.1) is 0 Å². The average Bonchev–Trinajstić information content (AvgIpc) is 2.47. The van der Waals surface area contributed by atoms with Crippen molar-refractivity contribution in [3.63, 3.8) is 0 Å². The lowest BCUT2D eigenvalue weighted by atomic mass is 10.1. The van der Waals surface area contributed by atoms with Crippen molar-refractivity contribution in [1.82, 2.24) is 0 Å². The Labute approximate surface area is 119 Å². The number of aryl methyl sites for hydroxylation is 1. The first kappa shape index (κ1) is 14.1. The van der Waals surface area contributed by atoms with Gasteiger partial charge in [0.15, 0.2) is 0 Å². The Morgan fingerprint density at radius 1 is 1.25 bits per heavy atom. The van der Waals surface area contributed by atoms with Crippen LogP contribution in [0.25, 0.3) is 0 Å². The minimum Gasteiger partial charge on any atom is -0.457 e. The third kappa shape index (κ3) is 3.17. The molecule has 0 spiro atoms. The number of aliphatic hydroxyl groups is 1. The van der Waals surface area contributed by atoms with Gasteiger partial charge in [-0.3, -0.25) is 0 Å². The lowest BCUT2D eigenvalue weighted by molar-refractivity contribution is 0.195. The van der Waals surface area contributed by atoms with Crippen LogP contribution < -0.4 is 4.74 Å². The second kappa shape index (κ2) is 6.23. The van der Waals surface area contributed by atoms with Crippen LogP contribution in [0.5, 0.6) is 11.5 Å². The highest BCUT2D eigenvalue weighted by Gasteiger charge is 2.11. The van der Waals surface area contributed by atoms with E-state index in [0.29, 0.717) is 22.6 Å². The van der Waals surface area contributed by atoms with Crippen molar-refractivity contribution in [2.45, 2.75) is 26.4 Å². The topological polar surface area (TPSA) is 53.2 Å². The number of ether oxygens (including phenoxy) is 1. The molecular formula is C17H17NO2. The molecule has 0 bridgehead atoms. The highest BCUT2D eigenvalue weighted by molar-refractivity contribution is 5.45. The van der Waals surface area contributed by atoms with E-state index in [0.717, 1.165) is 6.42 Å². The zero-order valence-electron chi connectivity index (χ0n) is 11.6. The highest BCUT2D eigenvalue weighted by atomic mass is 16.5. The van der Waals surface area contributed by atoms with E-state index in [1.165, 1.54) is 5.56 Å². The lowest BCUT2D eigenvalue weighted by Crippen LogP contribution is -1.97. The van der Waals surface area contributed by atoms with Gasteiger partial charge in [0.2, 0.25) is 0 Å². The normalized spacial score (nSPS) is 11.7. The van der Waals surface area contributed by atoms with Gasteiger partial charge >= 0.3 is 0 Å². The van der Waals surface area contributed by atoms with Crippen molar-refractivity contribution in [2.24, 2.45) is 0 Å². The summed E-state index contributed by atoms with van der Waals surface area (Å²) in [6.45, 7) is 3.76. The number of nitrogens with zero attached hydrogens (tertiary/aromatic N) is 1. The van der Waals surface area contributed by atoms with E-state index in [-0.39, 0.29) is 0 Å². The van der Waals surface area contributed by atoms with Crippen LogP contribution in [0.2, 0.25) is 0 Å². The van der Waals surface area contributed by atoms with Gasteiger partial charge in [-0.25, -0.2) is 0 Å². The molecule has 3 heteroatoms. The predicted octanol–water partition coefficient (Wildman–Crippen LogP) is 3.97. The molecule has 2 rings (SSSR count). The smallest absolute Gasteiger partial charge is 0.134 e. The highest BCUT2D eigenvalue weighted by Crippen LogP contribution is 2.31. The fourth-order valence-electron chi connectivity index (χ4n) is 1.99. The molecule has 102 valence electrons. The van der Waals surface area contributed by atoms with Gasteiger partial charge in [-0.1, -0.05) is 25.1 Å². The quantitative estimate of drug-likeness (QED) is 0.912. The van der Waals surface area contributed by atoms with Crippen LogP contribution in [0.3, 0.4) is 0 Å². The first-order chi connectivity index (χ1) is 9.63.